The van der Waals surface area contributed by atoms with Gasteiger partial charge in [-0.05, 0) is 28.1 Å². The zero-order valence-electron chi connectivity index (χ0n) is 9.25. The third-order valence-corrected chi connectivity index (χ3v) is 2.81. The van der Waals surface area contributed by atoms with Gasteiger partial charge in [0, 0.05) is 19.3 Å². The number of rotatable bonds is 2. The lowest BCUT2D eigenvalue weighted by Crippen LogP contribution is -2.14. The molecule has 0 aliphatic carbocycles. The fourth-order valence-electron chi connectivity index (χ4n) is 1.34. The Morgan fingerprint density at radius 3 is 2.72 bits per heavy atom. The summed E-state index contributed by atoms with van der Waals surface area (Å²) < 4.78 is 28.1. The van der Waals surface area contributed by atoms with Crippen LogP contribution in [0.15, 0.2) is 28.9 Å². The molecule has 1 aromatic carbocycles. The van der Waals surface area contributed by atoms with E-state index in [2.05, 4.69) is 26.3 Å². The topological polar surface area (TPSA) is 46.9 Å². The molecule has 18 heavy (non-hydrogen) atoms. The van der Waals surface area contributed by atoms with Crippen molar-refractivity contribution in [1.82, 2.24) is 9.78 Å². The molecule has 2 rings (SSSR count). The number of hydrogen-bond donors (Lipinski definition) is 1. The van der Waals surface area contributed by atoms with Gasteiger partial charge in [-0.2, -0.15) is 5.10 Å². The van der Waals surface area contributed by atoms with Crippen molar-refractivity contribution in [2.45, 2.75) is 0 Å². The fourth-order valence-corrected chi connectivity index (χ4v) is 1.66. The summed E-state index contributed by atoms with van der Waals surface area (Å²) in [6, 6.07) is 3.33. The van der Waals surface area contributed by atoms with Crippen LogP contribution >= 0.6 is 15.9 Å². The van der Waals surface area contributed by atoms with Crippen LogP contribution in [0.2, 0.25) is 0 Å². The van der Waals surface area contributed by atoms with Crippen molar-refractivity contribution in [3.05, 3.63) is 46.2 Å². The minimum absolute atomic E-state index is 0.00386. The molecule has 1 amide bonds. The van der Waals surface area contributed by atoms with Crippen LogP contribution in [-0.4, -0.2) is 15.7 Å². The highest BCUT2D eigenvalue weighted by atomic mass is 79.9. The van der Waals surface area contributed by atoms with Gasteiger partial charge in [-0.3, -0.25) is 9.48 Å². The molecule has 0 fully saturated rings. The van der Waals surface area contributed by atoms with E-state index in [9.17, 15) is 13.6 Å². The lowest BCUT2D eigenvalue weighted by Gasteiger charge is -2.05. The van der Waals surface area contributed by atoms with E-state index in [0.29, 0.717) is 0 Å². The van der Waals surface area contributed by atoms with Gasteiger partial charge in [0.25, 0.3) is 5.91 Å². The molecule has 0 aliphatic heterocycles. The van der Waals surface area contributed by atoms with E-state index in [1.165, 1.54) is 10.7 Å². The molecule has 0 unspecified atom stereocenters. The van der Waals surface area contributed by atoms with Crippen molar-refractivity contribution in [1.29, 1.82) is 0 Å². The van der Waals surface area contributed by atoms with Gasteiger partial charge in [0.2, 0.25) is 0 Å². The van der Waals surface area contributed by atoms with Gasteiger partial charge in [-0.25, -0.2) is 8.78 Å². The van der Waals surface area contributed by atoms with Crippen LogP contribution < -0.4 is 5.32 Å². The van der Waals surface area contributed by atoms with E-state index < -0.39 is 17.5 Å². The normalized spacial score (nSPS) is 10.4. The summed E-state index contributed by atoms with van der Waals surface area (Å²) in [5.41, 5.74) is -0.105. The standard InChI is InChI=1S/C11H8BrF2N3O/c1-17-3-2-9(16-17)11(18)15-10-5-7(13)6(12)4-8(10)14/h2-5H,1H3,(H,15,18). The van der Waals surface area contributed by atoms with Crippen LogP contribution in [0.5, 0.6) is 0 Å². The number of nitrogens with one attached hydrogen (secondary N) is 1. The first-order valence-corrected chi connectivity index (χ1v) is 5.72. The van der Waals surface area contributed by atoms with Crippen LogP contribution in [0.25, 0.3) is 0 Å². The number of amides is 1. The molecule has 1 heterocycles. The lowest BCUT2D eigenvalue weighted by molar-refractivity contribution is 0.102. The maximum Gasteiger partial charge on any atom is 0.276 e. The molecule has 0 spiro atoms. The van der Waals surface area contributed by atoms with Gasteiger partial charge in [0.15, 0.2) is 5.69 Å². The predicted molar refractivity (Wildman–Crippen MR) is 65.2 cm³/mol. The van der Waals surface area contributed by atoms with Crippen molar-refractivity contribution < 1.29 is 13.6 Å². The van der Waals surface area contributed by atoms with E-state index in [1.54, 1.807) is 13.2 Å². The first kappa shape index (κ1) is 12.7. The predicted octanol–water partition coefficient (Wildman–Crippen LogP) is 2.71. The Bertz CT molecular complexity index is 612. The Balaban J connectivity index is 2.24. The minimum atomic E-state index is -0.729. The van der Waals surface area contributed by atoms with Gasteiger partial charge in [-0.1, -0.05) is 0 Å². The maximum absolute atomic E-state index is 13.5. The largest absolute Gasteiger partial charge is 0.318 e. The Labute approximate surface area is 110 Å². The van der Waals surface area contributed by atoms with Gasteiger partial charge in [-0.15, -0.1) is 0 Å². The van der Waals surface area contributed by atoms with Crippen molar-refractivity contribution in [3.63, 3.8) is 0 Å². The number of anilines is 1. The summed E-state index contributed by atoms with van der Waals surface area (Å²) in [6.45, 7) is 0. The van der Waals surface area contributed by atoms with Crippen molar-refractivity contribution in [2.24, 2.45) is 7.05 Å². The lowest BCUT2D eigenvalue weighted by atomic mass is 10.3. The van der Waals surface area contributed by atoms with E-state index >= 15 is 0 Å². The average molecular weight is 316 g/mol. The number of aromatic nitrogens is 2. The molecule has 0 bridgehead atoms. The molecule has 0 radical (unpaired) electrons. The molecule has 2 aromatic rings. The first-order chi connectivity index (χ1) is 8.47. The van der Waals surface area contributed by atoms with Gasteiger partial charge in [0.05, 0.1) is 10.2 Å². The Morgan fingerprint density at radius 1 is 1.39 bits per heavy atom. The smallest absolute Gasteiger partial charge is 0.276 e. The zero-order chi connectivity index (χ0) is 13.3. The molecule has 4 nitrogen and oxygen atoms in total. The van der Waals surface area contributed by atoms with Crippen molar-refractivity contribution in [3.8, 4) is 0 Å². The quantitative estimate of drug-likeness (QED) is 0.866. The molecule has 94 valence electrons. The summed E-state index contributed by atoms with van der Waals surface area (Å²) >= 11 is 2.85. The third-order valence-electron chi connectivity index (χ3n) is 2.20. The van der Waals surface area contributed by atoms with E-state index in [0.717, 1.165) is 12.1 Å². The number of halogens is 3. The number of benzene rings is 1. The Hall–Kier alpha value is -1.76. The van der Waals surface area contributed by atoms with Crippen LogP contribution in [0.3, 0.4) is 0 Å². The van der Waals surface area contributed by atoms with E-state index in [1.807, 2.05) is 0 Å². The van der Waals surface area contributed by atoms with E-state index in [4.69, 9.17) is 0 Å². The summed E-state index contributed by atoms with van der Waals surface area (Å²) in [4.78, 5) is 11.7. The van der Waals surface area contributed by atoms with Crippen LogP contribution in [0.4, 0.5) is 14.5 Å². The molecular formula is C11H8BrF2N3O. The third kappa shape index (κ3) is 2.56. The maximum atomic E-state index is 13.5. The molecule has 0 atom stereocenters. The SMILES string of the molecule is Cn1ccc(C(=O)Nc2cc(F)c(Br)cc2F)n1. The van der Waals surface area contributed by atoms with Gasteiger partial charge in [0.1, 0.15) is 11.6 Å². The summed E-state index contributed by atoms with van der Waals surface area (Å²) in [6.07, 6.45) is 1.58. The number of aryl methyl sites for hydroxylation is 1. The Kier molecular flexibility index (Phi) is 3.42. The second-order valence-corrected chi connectivity index (χ2v) is 4.43. The highest BCUT2D eigenvalue weighted by Crippen LogP contribution is 2.23. The average Bonchev–Trinajstić information content (AvgIpc) is 2.73. The Morgan fingerprint density at radius 2 is 2.11 bits per heavy atom. The zero-order valence-corrected chi connectivity index (χ0v) is 10.8. The molecule has 7 heteroatoms. The summed E-state index contributed by atoms with van der Waals surface area (Å²) in [7, 11) is 1.65. The second kappa shape index (κ2) is 4.85. The van der Waals surface area contributed by atoms with E-state index in [-0.39, 0.29) is 15.9 Å². The molecule has 1 N–H and O–H groups in total. The molecular weight excluding hydrogens is 308 g/mol. The first-order valence-electron chi connectivity index (χ1n) is 4.93. The highest BCUT2D eigenvalue weighted by Gasteiger charge is 2.14. The number of nitrogens with zero attached hydrogens (tertiary/aromatic N) is 2. The molecule has 1 aromatic heterocycles. The van der Waals surface area contributed by atoms with Crippen LogP contribution in [-0.2, 0) is 7.05 Å². The second-order valence-electron chi connectivity index (χ2n) is 3.57. The number of hydrogen-bond acceptors (Lipinski definition) is 2. The fraction of sp³-hybridized carbons (Fsp3) is 0.0909. The number of carbonyl (C=O) groups is 1. The minimum Gasteiger partial charge on any atom is -0.318 e. The molecule has 0 aliphatic rings. The summed E-state index contributed by atoms with van der Waals surface area (Å²) in [5.74, 6) is -1.99. The number of carbonyl (C=O) groups excluding carboxylic acids is 1. The van der Waals surface area contributed by atoms with Gasteiger partial charge >= 0.3 is 0 Å². The van der Waals surface area contributed by atoms with Gasteiger partial charge < -0.3 is 5.32 Å². The van der Waals surface area contributed by atoms with Crippen LogP contribution in [0.1, 0.15) is 10.5 Å². The monoisotopic (exact) mass is 315 g/mol. The molecule has 0 saturated heterocycles. The highest BCUT2D eigenvalue weighted by molar-refractivity contribution is 9.10. The van der Waals surface area contributed by atoms with Crippen LogP contribution in [0, 0.1) is 11.6 Å². The summed E-state index contributed by atoms with van der Waals surface area (Å²) in [5, 5.41) is 6.11. The van der Waals surface area contributed by atoms with Crippen molar-refractivity contribution in [2.75, 3.05) is 5.32 Å². The van der Waals surface area contributed by atoms with Crippen molar-refractivity contribution >= 4 is 27.5 Å². The molecule has 0 saturated carbocycles.